The van der Waals surface area contributed by atoms with E-state index in [0.29, 0.717) is 17.0 Å². The molecule has 3 aliphatic rings. The standard InChI is InChI=1S/C30H33N3O7S/c1-32(2)18-10-11-19(34)22-20(18)16(13-41-14-8-6-5-7-9-14)15-12-17-24(33(3)4)26(36)23(29(31)39)28(38)30(17,40)27(37)21(15)25(22)35/h5-11,15-17,24,34,36-37,40H,12-13H2,1-4H3,(H2,31,39)/t15?,16?,17-,24-,30-/m0/s1. The number of thioether (sulfide) groups is 1. The Morgan fingerprint density at radius 2 is 1.71 bits per heavy atom. The molecule has 5 atom stereocenters. The fourth-order valence-corrected chi connectivity index (χ4v) is 7.84. The van der Waals surface area contributed by atoms with Crippen molar-refractivity contribution in [1.29, 1.82) is 0 Å². The molecule has 1 amide bonds. The molecule has 216 valence electrons. The van der Waals surface area contributed by atoms with E-state index < -0.39 is 64.0 Å². The summed E-state index contributed by atoms with van der Waals surface area (Å²) in [5.41, 5.74) is 3.07. The van der Waals surface area contributed by atoms with Crippen LogP contribution in [0.1, 0.15) is 28.3 Å². The molecule has 5 rings (SSSR count). The minimum absolute atomic E-state index is 0.00403. The number of amides is 1. The van der Waals surface area contributed by atoms with Crippen LogP contribution in [0.15, 0.2) is 70.0 Å². The second-order valence-corrected chi connectivity index (χ2v) is 12.3. The Labute approximate surface area is 241 Å². The van der Waals surface area contributed by atoms with Gasteiger partial charge in [-0.05, 0) is 56.3 Å². The summed E-state index contributed by atoms with van der Waals surface area (Å²) in [6, 6.07) is 11.7. The van der Waals surface area contributed by atoms with E-state index in [1.165, 1.54) is 6.07 Å². The minimum Gasteiger partial charge on any atom is -0.510 e. The third kappa shape index (κ3) is 4.22. The zero-order chi connectivity index (χ0) is 30.0. The number of carbonyl (C=O) groups excluding carboxylic acids is 3. The molecule has 3 aliphatic carbocycles. The van der Waals surface area contributed by atoms with Gasteiger partial charge in [-0.15, -0.1) is 11.8 Å². The summed E-state index contributed by atoms with van der Waals surface area (Å²) in [7, 11) is 6.88. The zero-order valence-corrected chi connectivity index (χ0v) is 24.0. The Balaban J connectivity index is 1.76. The third-order valence-corrected chi connectivity index (χ3v) is 9.64. The first-order valence-corrected chi connectivity index (χ1v) is 14.2. The van der Waals surface area contributed by atoms with Crippen LogP contribution in [0, 0.1) is 11.8 Å². The van der Waals surface area contributed by atoms with Crippen LogP contribution in [0.2, 0.25) is 0 Å². The number of primary amides is 1. The fraction of sp³-hybridized carbons (Fsp3) is 0.367. The van der Waals surface area contributed by atoms with Gasteiger partial charge in [0.05, 0.1) is 11.6 Å². The van der Waals surface area contributed by atoms with Gasteiger partial charge in [-0.2, -0.15) is 0 Å². The second-order valence-electron chi connectivity index (χ2n) is 11.2. The van der Waals surface area contributed by atoms with Gasteiger partial charge in [0.2, 0.25) is 5.78 Å². The molecule has 0 saturated carbocycles. The summed E-state index contributed by atoms with van der Waals surface area (Å²) < 4.78 is 0. The predicted molar refractivity (Wildman–Crippen MR) is 154 cm³/mol. The van der Waals surface area contributed by atoms with Gasteiger partial charge in [-0.3, -0.25) is 19.3 Å². The molecule has 2 aromatic carbocycles. The number of carbonyl (C=O) groups is 3. The van der Waals surface area contributed by atoms with Gasteiger partial charge in [0.1, 0.15) is 22.8 Å². The summed E-state index contributed by atoms with van der Waals surface area (Å²) in [4.78, 5) is 44.3. The number of aromatic hydroxyl groups is 1. The first kappa shape index (κ1) is 28.7. The van der Waals surface area contributed by atoms with Crippen molar-refractivity contribution in [3.05, 3.63) is 76.3 Å². The Morgan fingerprint density at radius 1 is 1.05 bits per heavy atom. The van der Waals surface area contributed by atoms with Crippen molar-refractivity contribution in [3.63, 3.8) is 0 Å². The molecule has 0 fully saturated rings. The lowest BCUT2D eigenvalue weighted by Crippen LogP contribution is -2.64. The number of anilines is 1. The normalized spacial score (nSPS) is 27.5. The molecular weight excluding hydrogens is 546 g/mol. The van der Waals surface area contributed by atoms with Gasteiger partial charge < -0.3 is 31.1 Å². The number of allylic oxidation sites excluding steroid dienone is 1. The molecular formula is C30H33N3O7S. The average molecular weight is 580 g/mol. The van der Waals surface area contributed by atoms with Crippen molar-refractivity contribution >= 4 is 34.9 Å². The van der Waals surface area contributed by atoms with Crippen molar-refractivity contribution in [3.8, 4) is 5.75 Å². The Morgan fingerprint density at radius 3 is 2.29 bits per heavy atom. The number of phenolic OH excluding ortho intramolecular Hbond substituents is 1. The number of hydrogen-bond donors (Lipinski definition) is 5. The molecule has 0 heterocycles. The summed E-state index contributed by atoms with van der Waals surface area (Å²) in [6.07, 6.45) is 0.0221. The lowest BCUT2D eigenvalue weighted by Gasteiger charge is -2.51. The monoisotopic (exact) mass is 579 g/mol. The van der Waals surface area contributed by atoms with Gasteiger partial charge in [-0.25, -0.2) is 0 Å². The summed E-state index contributed by atoms with van der Waals surface area (Å²) in [5.74, 6) is -6.75. The number of nitrogens with zero attached hydrogens (tertiary/aromatic N) is 2. The van der Waals surface area contributed by atoms with E-state index in [1.54, 1.807) is 36.8 Å². The van der Waals surface area contributed by atoms with E-state index in [1.807, 2.05) is 49.3 Å². The average Bonchev–Trinajstić information content (AvgIpc) is 2.90. The van der Waals surface area contributed by atoms with Gasteiger partial charge in [0.15, 0.2) is 11.4 Å². The lowest BCUT2D eigenvalue weighted by atomic mass is 9.56. The van der Waals surface area contributed by atoms with Crippen LogP contribution in [0.5, 0.6) is 5.75 Å². The number of phenols is 1. The SMILES string of the molecule is CN(C)c1ccc(O)c2c1C(CSc1ccccc1)C1C[C@H]3[C@H](N(C)C)C(O)=C(C(N)=O)C(=O)[C@@]3(O)C(O)=C1C2=O. The van der Waals surface area contributed by atoms with Gasteiger partial charge in [0, 0.05) is 47.8 Å². The van der Waals surface area contributed by atoms with Crippen LogP contribution in [0.4, 0.5) is 5.69 Å². The van der Waals surface area contributed by atoms with Crippen molar-refractivity contribution in [2.75, 3.05) is 38.8 Å². The largest absolute Gasteiger partial charge is 0.510 e. The molecule has 10 nitrogen and oxygen atoms in total. The molecule has 6 N–H and O–H groups in total. The summed E-state index contributed by atoms with van der Waals surface area (Å²) in [6.45, 7) is 0. The molecule has 0 aliphatic heterocycles. The van der Waals surface area contributed by atoms with Crippen LogP contribution in [0.25, 0.3) is 0 Å². The number of fused-ring (bicyclic) bond motifs is 3. The first-order chi connectivity index (χ1) is 19.3. The van der Waals surface area contributed by atoms with Crippen molar-refractivity contribution in [2.45, 2.75) is 28.9 Å². The molecule has 2 aromatic rings. The minimum atomic E-state index is -2.68. The van der Waals surface area contributed by atoms with Crippen LogP contribution in [-0.2, 0) is 9.59 Å². The number of Topliss-reactive ketones (excluding diaryl/α,β-unsaturated/α-hetero) is 2. The quantitative estimate of drug-likeness (QED) is 0.254. The first-order valence-electron chi connectivity index (χ1n) is 13.2. The maximum Gasteiger partial charge on any atom is 0.255 e. The van der Waals surface area contributed by atoms with E-state index in [9.17, 15) is 34.8 Å². The highest BCUT2D eigenvalue weighted by atomic mass is 32.2. The molecule has 0 bridgehead atoms. The van der Waals surface area contributed by atoms with Gasteiger partial charge >= 0.3 is 0 Å². The lowest BCUT2D eigenvalue weighted by molar-refractivity contribution is -0.148. The van der Waals surface area contributed by atoms with Crippen molar-refractivity contribution in [1.82, 2.24) is 4.90 Å². The van der Waals surface area contributed by atoms with E-state index in [4.69, 9.17) is 5.73 Å². The molecule has 0 aromatic heterocycles. The van der Waals surface area contributed by atoms with Crippen LogP contribution in [-0.4, -0.2) is 88.4 Å². The smallest absolute Gasteiger partial charge is 0.255 e. The third-order valence-electron chi connectivity index (χ3n) is 8.51. The van der Waals surface area contributed by atoms with Gasteiger partial charge in [-0.1, -0.05) is 18.2 Å². The molecule has 0 radical (unpaired) electrons. The van der Waals surface area contributed by atoms with Crippen molar-refractivity contribution in [2.24, 2.45) is 17.6 Å². The van der Waals surface area contributed by atoms with Crippen LogP contribution in [0.3, 0.4) is 0 Å². The number of benzene rings is 2. The van der Waals surface area contributed by atoms with E-state index in [0.717, 1.165) is 4.90 Å². The van der Waals surface area contributed by atoms with E-state index >= 15 is 0 Å². The molecule has 0 saturated heterocycles. The van der Waals surface area contributed by atoms with Gasteiger partial charge in [0.25, 0.3) is 5.91 Å². The van der Waals surface area contributed by atoms with Crippen molar-refractivity contribution < 1.29 is 34.8 Å². The molecule has 2 unspecified atom stereocenters. The number of ketones is 2. The highest BCUT2D eigenvalue weighted by Gasteiger charge is 2.64. The molecule has 41 heavy (non-hydrogen) atoms. The summed E-state index contributed by atoms with van der Waals surface area (Å²) in [5, 5.41) is 45.6. The zero-order valence-electron chi connectivity index (χ0n) is 23.2. The van der Waals surface area contributed by atoms with E-state index in [2.05, 4.69) is 0 Å². The Bertz CT molecular complexity index is 1520. The number of likely N-dealkylation sites (N-methyl/N-ethyl adjacent to an activating group) is 1. The highest BCUT2D eigenvalue weighted by molar-refractivity contribution is 7.99. The van der Waals surface area contributed by atoms with E-state index in [-0.39, 0.29) is 23.3 Å². The fourth-order valence-electron chi connectivity index (χ4n) is 6.72. The molecule has 11 heteroatoms. The van der Waals surface area contributed by atoms with Crippen LogP contribution >= 0.6 is 11.8 Å². The topological polar surface area (TPSA) is 165 Å². The highest BCUT2D eigenvalue weighted by Crippen LogP contribution is 2.57. The number of rotatable bonds is 6. The second kappa shape index (κ2) is 10.2. The molecule has 0 spiro atoms. The maximum absolute atomic E-state index is 14.1. The number of aliphatic hydroxyl groups is 3. The Hall–Kier alpha value is -3.80. The Kier molecular flexibility index (Phi) is 7.17. The predicted octanol–water partition coefficient (Wildman–Crippen LogP) is 2.52. The summed E-state index contributed by atoms with van der Waals surface area (Å²) >= 11 is 1.54. The maximum atomic E-state index is 14.1. The van der Waals surface area contributed by atoms with Crippen LogP contribution < -0.4 is 10.6 Å². The number of hydrogen-bond acceptors (Lipinski definition) is 10. The number of aliphatic hydroxyl groups excluding tert-OH is 2. The number of nitrogens with two attached hydrogens (primary N) is 1.